The molecule has 0 aliphatic rings. The van der Waals surface area contributed by atoms with Crippen molar-refractivity contribution in [3.8, 4) is 0 Å². The van der Waals surface area contributed by atoms with E-state index in [0.717, 1.165) is 0 Å². The van der Waals surface area contributed by atoms with Crippen LogP contribution in [0.4, 0.5) is 5.69 Å². The lowest BCUT2D eigenvalue weighted by molar-refractivity contribution is 0.0827. The van der Waals surface area contributed by atoms with Crippen LogP contribution in [0.15, 0.2) is 56.6 Å². The van der Waals surface area contributed by atoms with Gasteiger partial charge in [0.2, 0.25) is 0 Å². The van der Waals surface area contributed by atoms with Gasteiger partial charge >= 0.3 is 5.76 Å². The maximum absolute atomic E-state index is 12.5. The van der Waals surface area contributed by atoms with Crippen LogP contribution in [0.25, 0.3) is 11.1 Å². The predicted octanol–water partition coefficient (Wildman–Crippen LogP) is 1.62. The van der Waals surface area contributed by atoms with Gasteiger partial charge in [0, 0.05) is 31.4 Å². The normalized spacial score (nSPS) is 11.4. The molecule has 0 aliphatic heterocycles. The quantitative estimate of drug-likeness (QED) is 0.733. The van der Waals surface area contributed by atoms with Crippen LogP contribution in [0.5, 0.6) is 0 Å². The average Bonchev–Trinajstić information content (AvgIpc) is 2.93. The van der Waals surface area contributed by atoms with Crippen LogP contribution in [0.2, 0.25) is 0 Å². The van der Waals surface area contributed by atoms with Gasteiger partial charge in [-0.25, -0.2) is 13.2 Å². The van der Waals surface area contributed by atoms with Crippen molar-refractivity contribution in [2.24, 2.45) is 0 Å². The molecule has 0 atom stereocenters. The zero-order chi connectivity index (χ0) is 18.2. The molecule has 2 N–H and O–H groups in total. The van der Waals surface area contributed by atoms with Crippen LogP contribution in [0.3, 0.4) is 0 Å². The molecule has 2 aromatic carbocycles. The van der Waals surface area contributed by atoms with Crippen LogP contribution in [-0.4, -0.2) is 38.3 Å². The molecular formula is C16H15N3O5S. The van der Waals surface area contributed by atoms with E-state index in [2.05, 4.69) is 9.71 Å². The molecule has 0 aliphatic carbocycles. The molecule has 130 valence electrons. The van der Waals surface area contributed by atoms with Gasteiger partial charge in [-0.3, -0.25) is 14.5 Å². The summed E-state index contributed by atoms with van der Waals surface area (Å²) in [5.41, 5.74) is 1.16. The molecule has 0 unspecified atom stereocenters. The molecule has 0 fully saturated rings. The monoisotopic (exact) mass is 361 g/mol. The minimum Gasteiger partial charge on any atom is -0.408 e. The fourth-order valence-electron chi connectivity index (χ4n) is 2.28. The van der Waals surface area contributed by atoms with Crippen LogP contribution in [0, 0.1) is 0 Å². The molecule has 25 heavy (non-hydrogen) atoms. The zero-order valence-electron chi connectivity index (χ0n) is 13.4. The third-order valence-corrected chi connectivity index (χ3v) is 4.85. The number of carbonyl (C=O) groups is 1. The number of nitrogens with zero attached hydrogens (tertiary/aromatic N) is 1. The number of hydrogen-bond acceptors (Lipinski definition) is 5. The number of hydrogen-bond donors (Lipinski definition) is 2. The molecule has 0 saturated carbocycles. The molecule has 0 saturated heterocycles. The van der Waals surface area contributed by atoms with Gasteiger partial charge in [-0.2, -0.15) is 0 Å². The summed E-state index contributed by atoms with van der Waals surface area (Å²) in [4.78, 5) is 26.9. The van der Waals surface area contributed by atoms with E-state index in [1.807, 2.05) is 0 Å². The van der Waals surface area contributed by atoms with Crippen LogP contribution in [0.1, 0.15) is 10.4 Å². The van der Waals surface area contributed by atoms with Crippen molar-refractivity contribution < 1.29 is 17.6 Å². The Balaban J connectivity index is 1.94. The second-order valence-electron chi connectivity index (χ2n) is 5.56. The summed E-state index contributed by atoms with van der Waals surface area (Å²) in [7, 11) is -0.689. The topological polar surface area (TPSA) is 112 Å². The van der Waals surface area contributed by atoms with Crippen molar-refractivity contribution in [1.82, 2.24) is 9.88 Å². The molecule has 0 spiro atoms. The summed E-state index contributed by atoms with van der Waals surface area (Å²) >= 11 is 0. The number of aromatic nitrogens is 1. The standard InChI is InChI=1S/C16H15N3O5S/c1-19(2)15(20)10-4-3-5-11(8-10)18-25(22,23)12-6-7-13-14(9-12)24-16(21)17-13/h3-9,18H,1-2H3,(H,17,21). The summed E-state index contributed by atoms with van der Waals surface area (Å²) in [6.07, 6.45) is 0. The van der Waals surface area contributed by atoms with E-state index in [1.165, 1.54) is 29.2 Å². The van der Waals surface area contributed by atoms with Crippen molar-refractivity contribution in [3.05, 3.63) is 58.6 Å². The number of aromatic amines is 1. The van der Waals surface area contributed by atoms with E-state index in [-0.39, 0.29) is 22.1 Å². The minimum atomic E-state index is -3.91. The van der Waals surface area contributed by atoms with Gasteiger partial charge in [0.15, 0.2) is 5.58 Å². The van der Waals surface area contributed by atoms with Gasteiger partial charge in [-0.1, -0.05) is 6.07 Å². The fraction of sp³-hybridized carbons (Fsp3) is 0.125. The van der Waals surface area contributed by atoms with Crippen molar-refractivity contribution in [3.63, 3.8) is 0 Å². The Morgan fingerprint density at radius 1 is 1.16 bits per heavy atom. The molecular weight excluding hydrogens is 346 g/mol. The van der Waals surface area contributed by atoms with Crippen molar-refractivity contribution in [2.45, 2.75) is 4.90 Å². The van der Waals surface area contributed by atoms with E-state index in [1.54, 1.807) is 32.3 Å². The molecule has 0 bridgehead atoms. The zero-order valence-corrected chi connectivity index (χ0v) is 14.3. The largest absolute Gasteiger partial charge is 0.417 e. The lowest BCUT2D eigenvalue weighted by Gasteiger charge is -2.12. The Labute approximate surface area is 143 Å². The van der Waals surface area contributed by atoms with Crippen LogP contribution >= 0.6 is 0 Å². The number of rotatable bonds is 4. The summed E-state index contributed by atoms with van der Waals surface area (Å²) in [5.74, 6) is -0.899. The Kier molecular flexibility index (Phi) is 4.09. The highest BCUT2D eigenvalue weighted by molar-refractivity contribution is 7.92. The third kappa shape index (κ3) is 3.41. The molecule has 3 rings (SSSR count). The van der Waals surface area contributed by atoms with E-state index in [9.17, 15) is 18.0 Å². The molecule has 9 heteroatoms. The third-order valence-electron chi connectivity index (χ3n) is 3.47. The Hall–Kier alpha value is -3.07. The molecule has 1 heterocycles. The Morgan fingerprint density at radius 3 is 2.64 bits per heavy atom. The first kappa shape index (κ1) is 16.8. The molecule has 0 radical (unpaired) electrons. The first-order valence-corrected chi connectivity index (χ1v) is 8.72. The van der Waals surface area contributed by atoms with Gasteiger partial charge in [-0.15, -0.1) is 0 Å². The summed E-state index contributed by atoms with van der Waals surface area (Å²) in [6.45, 7) is 0. The lowest BCUT2D eigenvalue weighted by Crippen LogP contribution is -2.22. The van der Waals surface area contributed by atoms with Gasteiger partial charge in [0.25, 0.3) is 15.9 Å². The second-order valence-corrected chi connectivity index (χ2v) is 7.24. The maximum Gasteiger partial charge on any atom is 0.417 e. The van der Waals surface area contributed by atoms with Crippen molar-refractivity contribution >= 4 is 32.7 Å². The first-order chi connectivity index (χ1) is 11.8. The Bertz CT molecular complexity index is 1110. The summed E-state index contributed by atoms with van der Waals surface area (Å²) < 4.78 is 32.4. The van der Waals surface area contributed by atoms with Crippen molar-refractivity contribution in [2.75, 3.05) is 18.8 Å². The predicted molar refractivity (Wildman–Crippen MR) is 92.1 cm³/mol. The lowest BCUT2D eigenvalue weighted by atomic mass is 10.2. The first-order valence-electron chi connectivity index (χ1n) is 7.24. The highest BCUT2D eigenvalue weighted by atomic mass is 32.2. The van der Waals surface area contributed by atoms with E-state index < -0.39 is 15.8 Å². The number of anilines is 1. The second kappa shape index (κ2) is 6.10. The van der Waals surface area contributed by atoms with Crippen LogP contribution < -0.4 is 10.5 Å². The average molecular weight is 361 g/mol. The smallest absolute Gasteiger partial charge is 0.408 e. The fourth-order valence-corrected chi connectivity index (χ4v) is 3.35. The number of oxazole rings is 1. The molecule has 1 amide bonds. The number of nitrogens with one attached hydrogen (secondary N) is 2. The highest BCUT2D eigenvalue weighted by Crippen LogP contribution is 2.21. The number of H-pyrrole nitrogens is 1. The molecule has 8 nitrogen and oxygen atoms in total. The minimum absolute atomic E-state index is 0.0629. The maximum atomic E-state index is 12.5. The number of amides is 1. The highest BCUT2D eigenvalue weighted by Gasteiger charge is 2.17. The number of sulfonamides is 1. The van der Waals surface area contributed by atoms with E-state index in [0.29, 0.717) is 11.1 Å². The Morgan fingerprint density at radius 2 is 1.92 bits per heavy atom. The molecule has 1 aromatic heterocycles. The SMILES string of the molecule is CN(C)C(=O)c1cccc(NS(=O)(=O)c2ccc3[nH]c(=O)oc3c2)c1. The number of benzene rings is 2. The molecule has 3 aromatic rings. The van der Waals surface area contributed by atoms with Crippen molar-refractivity contribution in [1.29, 1.82) is 0 Å². The number of fused-ring (bicyclic) bond motifs is 1. The van der Waals surface area contributed by atoms with Gasteiger partial charge in [0.05, 0.1) is 10.4 Å². The van der Waals surface area contributed by atoms with Crippen LogP contribution in [-0.2, 0) is 10.0 Å². The summed E-state index contributed by atoms with van der Waals surface area (Å²) in [5, 5.41) is 0. The summed E-state index contributed by atoms with van der Waals surface area (Å²) in [6, 6.07) is 10.2. The van der Waals surface area contributed by atoms with Gasteiger partial charge in [-0.05, 0) is 30.3 Å². The van der Waals surface area contributed by atoms with E-state index >= 15 is 0 Å². The van der Waals surface area contributed by atoms with Gasteiger partial charge < -0.3 is 9.32 Å². The number of carbonyl (C=O) groups excluding carboxylic acids is 1. The van der Waals surface area contributed by atoms with E-state index in [4.69, 9.17) is 4.42 Å². The van der Waals surface area contributed by atoms with Gasteiger partial charge in [0.1, 0.15) is 0 Å².